The molecule has 3 rings (SSSR count). The SMILES string of the molecule is Cc1ccc(CC(=O)NCc2ccc3c(c2)C(C)(C)C(=O)N3C)cc1. The van der Waals surface area contributed by atoms with Crippen LogP contribution in [0.1, 0.15) is 36.1 Å². The molecular formula is C21H24N2O2. The highest BCUT2D eigenvalue weighted by Gasteiger charge is 2.42. The lowest BCUT2D eigenvalue weighted by molar-refractivity contribution is -0.122. The molecule has 0 aliphatic carbocycles. The molecule has 1 heterocycles. The minimum atomic E-state index is -0.522. The van der Waals surface area contributed by atoms with Gasteiger partial charge >= 0.3 is 0 Å². The van der Waals surface area contributed by atoms with E-state index in [1.165, 1.54) is 5.56 Å². The molecule has 0 saturated carbocycles. The minimum absolute atomic E-state index is 0.00296. The van der Waals surface area contributed by atoms with Crippen molar-refractivity contribution in [3.63, 3.8) is 0 Å². The predicted octanol–water partition coefficient (Wildman–Crippen LogP) is 3.11. The van der Waals surface area contributed by atoms with Crippen LogP contribution in [0.2, 0.25) is 0 Å². The van der Waals surface area contributed by atoms with Crippen molar-refractivity contribution < 1.29 is 9.59 Å². The van der Waals surface area contributed by atoms with Gasteiger partial charge in [0.05, 0.1) is 11.8 Å². The van der Waals surface area contributed by atoms with E-state index in [4.69, 9.17) is 0 Å². The fourth-order valence-corrected chi connectivity index (χ4v) is 3.28. The molecule has 2 aromatic rings. The van der Waals surface area contributed by atoms with Crippen LogP contribution in [0.15, 0.2) is 42.5 Å². The molecule has 0 spiro atoms. The van der Waals surface area contributed by atoms with Crippen molar-refractivity contribution in [1.29, 1.82) is 0 Å². The second kappa shape index (κ2) is 6.36. The summed E-state index contributed by atoms with van der Waals surface area (Å²) in [6.07, 6.45) is 0.373. The molecule has 0 aromatic heterocycles. The van der Waals surface area contributed by atoms with Crippen LogP contribution in [0.5, 0.6) is 0 Å². The van der Waals surface area contributed by atoms with Gasteiger partial charge in [-0.25, -0.2) is 0 Å². The number of benzene rings is 2. The van der Waals surface area contributed by atoms with Crippen LogP contribution in [0, 0.1) is 6.92 Å². The average Bonchev–Trinajstić information content (AvgIpc) is 2.76. The third-order valence-corrected chi connectivity index (χ3v) is 4.91. The van der Waals surface area contributed by atoms with Crippen molar-refractivity contribution in [2.75, 3.05) is 11.9 Å². The van der Waals surface area contributed by atoms with Crippen LogP contribution in [0.25, 0.3) is 0 Å². The lowest BCUT2D eigenvalue weighted by Gasteiger charge is -2.16. The molecular weight excluding hydrogens is 312 g/mol. The fraction of sp³-hybridized carbons (Fsp3) is 0.333. The summed E-state index contributed by atoms with van der Waals surface area (Å²) in [6.45, 7) is 6.38. The number of rotatable bonds is 4. The number of nitrogens with zero attached hydrogens (tertiary/aromatic N) is 1. The Labute approximate surface area is 148 Å². The molecule has 1 N–H and O–H groups in total. The molecule has 4 nitrogen and oxygen atoms in total. The zero-order valence-corrected chi connectivity index (χ0v) is 15.2. The summed E-state index contributed by atoms with van der Waals surface area (Å²) in [6, 6.07) is 13.9. The fourth-order valence-electron chi connectivity index (χ4n) is 3.28. The zero-order valence-electron chi connectivity index (χ0n) is 15.2. The molecule has 2 amide bonds. The van der Waals surface area contributed by atoms with Crippen LogP contribution in [-0.2, 0) is 28.0 Å². The Morgan fingerprint density at radius 1 is 1.08 bits per heavy atom. The number of likely N-dealkylation sites (N-methyl/N-ethyl adjacent to an activating group) is 1. The smallest absolute Gasteiger partial charge is 0.236 e. The summed E-state index contributed by atoms with van der Waals surface area (Å²) in [4.78, 5) is 26.2. The number of hydrogen-bond donors (Lipinski definition) is 1. The van der Waals surface area contributed by atoms with Crippen LogP contribution in [0.4, 0.5) is 5.69 Å². The van der Waals surface area contributed by atoms with Crippen molar-refractivity contribution in [3.05, 3.63) is 64.7 Å². The Bertz CT molecular complexity index is 822. The van der Waals surface area contributed by atoms with E-state index in [-0.39, 0.29) is 11.8 Å². The number of anilines is 1. The molecule has 1 aliphatic heterocycles. The highest BCUT2D eigenvalue weighted by molar-refractivity contribution is 6.07. The summed E-state index contributed by atoms with van der Waals surface area (Å²) in [5, 5.41) is 2.97. The average molecular weight is 336 g/mol. The molecule has 4 heteroatoms. The number of fused-ring (bicyclic) bond motifs is 1. The summed E-state index contributed by atoms with van der Waals surface area (Å²) in [7, 11) is 1.80. The van der Waals surface area contributed by atoms with Gasteiger partial charge in [0, 0.05) is 19.3 Å². The van der Waals surface area contributed by atoms with Gasteiger partial charge in [-0.3, -0.25) is 9.59 Å². The molecule has 0 saturated heterocycles. The first-order valence-corrected chi connectivity index (χ1v) is 8.53. The van der Waals surface area contributed by atoms with E-state index >= 15 is 0 Å². The quantitative estimate of drug-likeness (QED) is 0.933. The lowest BCUT2D eigenvalue weighted by atomic mass is 9.85. The Morgan fingerprint density at radius 3 is 2.40 bits per heavy atom. The van der Waals surface area contributed by atoms with Gasteiger partial charge in [-0.2, -0.15) is 0 Å². The second-order valence-electron chi connectivity index (χ2n) is 7.28. The normalized spacial score (nSPS) is 15.2. The third-order valence-electron chi connectivity index (χ3n) is 4.91. The van der Waals surface area contributed by atoms with E-state index in [9.17, 15) is 9.59 Å². The number of carbonyl (C=O) groups excluding carboxylic acids is 2. The largest absolute Gasteiger partial charge is 0.352 e. The van der Waals surface area contributed by atoms with Gasteiger partial charge in [0.1, 0.15) is 0 Å². The van der Waals surface area contributed by atoms with Crippen LogP contribution in [-0.4, -0.2) is 18.9 Å². The maximum atomic E-state index is 12.3. The van der Waals surface area contributed by atoms with Crippen LogP contribution >= 0.6 is 0 Å². The maximum Gasteiger partial charge on any atom is 0.236 e. The number of hydrogen-bond acceptors (Lipinski definition) is 2. The van der Waals surface area contributed by atoms with E-state index in [1.54, 1.807) is 11.9 Å². The van der Waals surface area contributed by atoms with E-state index in [1.807, 2.05) is 63.2 Å². The first-order valence-electron chi connectivity index (χ1n) is 8.53. The van der Waals surface area contributed by atoms with Gasteiger partial charge in [0.25, 0.3) is 0 Å². The zero-order chi connectivity index (χ0) is 18.2. The predicted molar refractivity (Wildman–Crippen MR) is 99.6 cm³/mol. The van der Waals surface area contributed by atoms with Crippen LogP contribution in [0.3, 0.4) is 0 Å². The molecule has 25 heavy (non-hydrogen) atoms. The molecule has 130 valence electrons. The van der Waals surface area contributed by atoms with Crippen molar-refractivity contribution >= 4 is 17.5 Å². The lowest BCUT2D eigenvalue weighted by Crippen LogP contribution is -2.33. The first kappa shape index (κ1) is 17.2. The third kappa shape index (κ3) is 3.29. The maximum absolute atomic E-state index is 12.3. The molecule has 0 atom stereocenters. The van der Waals surface area contributed by atoms with Crippen LogP contribution < -0.4 is 10.2 Å². The highest BCUT2D eigenvalue weighted by Crippen LogP contribution is 2.40. The van der Waals surface area contributed by atoms with Crippen molar-refractivity contribution in [2.45, 2.75) is 39.2 Å². The van der Waals surface area contributed by atoms with Crippen molar-refractivity contribution in [2.24, 2.45) is 0 Å². The summed E-state index contributed by atoms with van der Waals surface area (Å²) >= 11 is 0. The monoisotopic (exact) mass is 336 g/mol. The topological polar surface area (TPSA) is 49.4 Å². The Morgan fingerprint density at radius 2 is 1.72 bits per heavy atom. The molecule has 0 radical (unpaired) electrons. The number of aryl methyl sites for hydroxylation is 1. The second-order valence-corrected chi connectivity index (χ2v) is 7.28. The summed E-state index contributed by atoms with van der Waals surface area (Å²) in [5.74, 6) is 0.0971. The Hall–Kier alpha value is -2.62. The highest BCUT2D eigenvalue weighted by atomic mass is 16.2. The van der Waals surface area contributed by atoms with Gasteiger partial charge < -0.3 is 10.2 Å². The molecule has 0 fully saturated rings. The Kier molecular flexibility index (Phi) is 4.38. The standard InChI is InChI=1S/C21H24N2O2/c1-14-5-7-15(8-6-14)12-19(24)22-13-16-9-10-18-17(11-16)21(2,3)20(25)23(18)4/h5-11H,12-13H2,1-4H3,(H,22,24). The summed E-state index contributed by atoms with van der Waals surface area (Å²) < 4.78 is 0. The van der Waals surface area contributed by atoms with Gasteiger partial charge in [-0.05, 0) is 43.5 Å². The molecule has 1 aliphatic rings. The van der Waals surface area contributed by atoms with E-state index < -0.39 is 5.41 Å². The van der Waals surface area contributed by atoms with Gasteiger partial charge in [-0.1, -0.05) is 42.0 Å². The number of amides is 2. The van der Waals surface area contributed by atoms with E-state index in [0.717, 1.165) is 22.4 Å². The molecule has 0 unspecified atom stereocenters. The first-order chi connectivity index (χ1) is 11.8. The van der Waals surface area contributed by atoms with Gasteiger partial charge in [-0.15, -0.1) is 0 Å². The number of nitrogens with one attached hydrogen (secondary N) is 1. The van der Waals surface area contributed by atoms with Crippen molar-refractivity contribution in [1.82, 2.24) is 5.32 Å². The van der Waals surface area contributed by atoms with Gasteiger partial charge in [0.15, 0.2) is 0 Å². The molecule has 2 aromatic carbocycles. The van der Waals surface area contributed by atoms with Crippen molar-refractivity contribution in [3.8, 4) is 0 Å². The Balaban J connectivity index is 1.67. The van der Waals surface area contributed by atoms with E-state index in [2.05, 4.69) is 5.32 Å². The number of carbonyl (C=O) groups is 2. The minimum Gasteiger partial charge on any atom is -0.352 e. The molecule has 0 bridgehead atoms. The van der Waals surface area contributed by atoms with Gasteiger partial charge in [0.2, 0.25) is 11.8 Å². The van der Waals surface area contributed by atoms with E-state index in [0.29, 0.717) is 13.0 Å². The summed E-state index contributed by atoms with van der Waals surface area (Å²) in [5.41, 5.74) is 4.64.